The summed E-state index contributed by atoms with van der Waals surface area (Å²) >= 11 is 0. The Balaban J connectivity index is 1.74. The molecule has 0 unspecified atom stereocenters. The summed E-state index contributed by atoms with van der Waals surface area (Å²) < 4.78 is 5.76. The largest absolute Gasteiger partial charge is 0.489 e. The lowest BCUT2D eigenvalue weighted by Crippen LogP contribution is -2.20. The van der Waals surface area contributed by atoms with Crippen molar-refractivity contribution in [1.82, 2.24) is 0 Å². The molecule has 0 spiro atoms. The van der Waals surface area contributed by atoms with Crippen molar-refractivity contribution in [2.24, 2.45) is 0 Å². The number of hydrogen-bond donors (Lipinski definition) is 0. The minimum Gasteiger partial charge on any atom is -0.489 e. The minimum absolute atomic E-state index is 0.134. The van der Waals surface area contributed by atoms with Crippen LogP contribution in [0.15, 0.2) is 48.5 Å². The molecular weight excluding hydrogens is 238 g/mol. The SMILES string of the molecule is CN1C(=O)Cc2cc(OCc3ccccc3)ccc21. The molecule has 96 valence electrons. The molecule has 0 saturated heterocycles. The number of benzene rings is 2. The summed E-state index contributed by atoms with van der Waals surface area (Å²) in [7, 11) is 1.80. The molecule has 0 aromatic heterocycles. The van der Waals surface area contributed by atoms with Crippen molar-refractivity contribution in [1.29, 1.82) is 0 Å². The Morgan fingerprint density at radius 2 is 1.95 bits per heavy atom. The fourth-order valence-corrected chi connectivity index (χ4v) is 2.28. The van der Waals surface area contributed by atoms with E-state index in [0.29, 0.717) is 13.0 Å². The molecule has 2 aromatic carbocycles. The number of fused-ring (bicyclic) bond motifs is 1. The Morgan fingerprint density at radius 3 is 2.74 bits per heavy atom. The van der Waals surface area contributed by atoms with Gasteiger partial charge in [-0.25, -0.2) is 0 Å². The topological polar surface area (TPSA) is 29.5 Å². The maximum absolute atomic E-state index is 11.6. The van der Waals surface area contributed by atoms with Gasteiger partial charge in [0.2, 0.25) is 5.91 Å². The first-order chi connectivity index (χ1) is 9.24. The van der Waals surface area contributed by atoms with Crippen LogP contribution >= 0.6 is 0 Å². The lowest BCUT2D eigenvalue weighted by molar-refractivity contribution is -0.117. The highest BCUT2D eigenvalue weighted by molar-refractivity contribution is 6.01. The molecule has 3 heteroatoms. The number of carbonyl (C=O) groups is 1. The molecule has 0 fully saturated rings. The second kappa shape index (κ2) is 4.76. The van der Waals surface area contributed by atoms with Crippen LogP contribution in [0.5, 0.6) is 5.75 Å². The zero-order valence-electron chi connectivity index (χ0n) is 10.8. The Labute approximate surface area is 112 Å². The predicted molar refractivity (Wildman–Crippen MR) is 74.3 cm³/mol. The van der Waals surface area contributed by atoms with Crippen LogP contribution in [0.2, 0.25) is 0 Å². The van der Waals surface area contributed by atoms with Crippen LogP contribution in [0.1, 0.15) is 11.1 Å². The van der Waals surface area contributed by atoms with E-state index in [2.05, 4.69) is 0 Å². The van der Waals surface area contributed by atoms with E-state index in [4.69, 9.17) is 4.74 Å². The van der Waals surface area contributed by atoms with Crippen molar-refractivity contribution in [2.75, 3.05) is 11.9 Å². The van der Waals surface area contributed by atoms with Crippen LogP contribution in [0.4, 0.5) is 5.69 Å². The van der Waals surface area contributed by atoms with Crippen LogP contribution < -0.4 is 9.64 Å². The van der Waals surface area contributed by atoms with E-state index >= 15 is 0 Å². The number of anilines is 1. The highest BCUT2D eigenvalue weighted by Gasteiger charge is 2.23. The highest BCUT2D eigenvalue weighted by Crippen LogP contribution is 2.31. The molecule has 0 N–H and O–H groups in total. The van der Waals surface area contributed by atoms with Gasteiger partial charge in [-0.3, -0.25) is 4.79 Å². The summed E-state index contributed by atoms with van der Waals surface area (Å²) in [6.45, 7) is 0.545. The van der Waals surface area contributed by atoms with Gasteiger partial charge in [0.25, 0.3) is 0 Å². The molecule has 3 rings (SSSR count). The van der Waals surface area contributed by atoms with E-state index in [9.17, 15) is 4.79 Å². The van der Waals surface area contributed by atoms with Crippen LogP contribution in [-0.4, -0.2) is 13.0 Å². The summed E-state index contributed by atoms with van der Waals surface area (Å²) in [6.07, 6.45) is 0.467. The number of ether oxygens (including phenoxy) is 1. The van der Waals surface area contributed by atoms with Gasteiger partial charge in [-0.15, -0.1) is 0 Å². The summed E-state index contributed by atoms with van der Waals surface area (Å²) in [5.41, 5.74) is 3.16. The second-order valence-corrected chi connectivity index (χ2v) is 4.69. The zero-order chi connectivity index (χ0) is 13.2. The van der Waals surface area contributed by atoms with E-state index in [-0.39, 0.29) is 5.91 Å². The summed E-state index contributed by atoms with van der Waals surface area (Å²) in [4.78, 5) is 13.3. The van der Waals surface area contributed by atoms with Crippen molar-refractivity contribution >= 4 is 11.6 Å². The van der Waals surface area contributed by atoms with E-state index in [1.165, 1.54) is 0 Å². The Bertz CT molecular complexity index is 607. The van der Waals surface area contributed by atoms with Crippen LogP contribution in [0.25, 0.3) is 0 Å². The van der Waals surface area contributed by atoms with Gasteiger partial charge in [0.1, 0.15) is 12.4 Å². The molecule has 2 aromatic rings. The zero-order valence-corrected chi connectivity index (χ0v) is 10.8. The molecule has 0 bridgehead atoms. The summed E-state index contributed by atoms with van der Waals surface area (Å²) in [5.74, 6) is 0.945. The van der Waals surface area contributed by atoms with E-state index in [1.807, 2.05) is 48.5 Å². The van der Waals surface area contributed by atoms with E-state index in [1.54, 1.807) is 11.9 Å². The van der Waals surface area contributed by atoms with Crippen molar-refractivity contribution in [3.63, 3.8) is 0 Å². The van der Waals surface area contributed by atoms with Crippen molar-refractivity contribution in [2.45, 2.75) is 13.0 Å². The van der Waals surface area contributed by atoms with Crippen LogP contribution in [0.3, 0.4) is 0 Å². The van der Waals surface area contributed by atoms with Crippen LogP contribution in [0, 0.1) is 0 Å². The number of rotatable bonds is 3. The molecule has 0 atom stereocenters. The predicted octanol–water partition coefficient (Wildman–Crippen LogP) is 2.78. The lowest BCUT2D eigenvalue weighted by Gasteiger charge is -2.11. The van der Waals surface area contributed by atoms with Gasteiger partial charge in [0, 0.05) is 12.7 Å². The fraction of sp³-hybridized carbons (Fsp3) is 0.188. The second-order valence-electron chi connectivity index (χ2n) is 4.69. The quantitative estimate of drug-likeness (QED) is 0.841. The van der Waals surface area contributed by atoms with Gasteiger partial charge in [-0.2, -0.15) is 0 Å². The highest BCUT2D eigenvalue weighted by atomic mass is 16.5. The van der Waals surface area contributed by atoms with Gasteiger partial charge in [-0.1, -0.05) is 30.3 Å². The number of nitrogens with zero attached hydrogens (tertiary/aromatic N) is 1. The molecule has 0 aliphatic carbocycles. The molecule has 19 heavy (non-hydrogen) atoms. The molecule has 1 amide bonds. The average Bonchev–Trinajstić information content (AvgIpc) is 2.73. The Hall–Kier alpha value is -2.29. The maximum atomic E-state index is 11.6. The molecule has 1 heterocycles. The Morgan fingerprint density at radius 1 is 1.16 bits per heavy atom. The van der Waals surface area contributed by atoms with E-state index in [0.717, 1.165) is 22.6 Å². The monoisotopic (exact) mass is 253 g/mol. The first-order valence-electron chi connectivity index (χ1n) is 6.30. The van der Waals surface area contributed by atoms with Crippen molar-refractivity contribution < 1.29 is 9.53 Å². The summed E-state index contributed by atoms with van der Waals surface area (Å²) in [6, 6.07) is 15.9. The van der Waals surface area contributed by atoms with Gasteiger partial charge in [0.15, 0.2) is 0 Å². The third-order valence-electron chi connectivity index (χ3n) is 3.38. The molecular formula is C16H15NO2. The smallest absolute Gasteiger partial charge is 0.231 e. The number of likely N-dealkylation sites (N-methyl/N-ethyl adjacent to an activating group) is 1. The average molecular weight is 253 g/mol. The van der Waals surface area contributed by atoms with Gasteiger partial charge in [0.05, 0.1) is 6.42 Å². The van der Waals surface area contributed by atoms with Crippen molar-refractivity contribution in [3.8, 4) is 5.75 Å². The Kier molecular flexibility index (Phi) is 2.95. The fourth-order valence-electron chi connectivity index (χ4n) is 2.28. The molecule has 0 radical (unpaired) electrons. The molecule has 3 nitrogen and oxygen atoms in total. The van der Waals surface area contributed by atoms with Gasteiger partial charge in [-0.05, 0) is 29.3 Å². The third-order valence-corrected chi connectivity index (χ3v) is 3.38. The van der Waals surface area contributed by atoms with Crippen molar-refractivity contribution in [3.05, 3.63) is 59.7 Å². The standard InChI is InChI=1S/C16H15NO2/c1-17-15-8-7-14(9-13(15)10-16(17)18)19-11-12-5-3-2-4-6-12/h2-9H,10-11H2,1H3. The number of hydrogen-bond acceptors (Lipinski definition) is 2. The number of amides is 1. The van der Waals surface area contributed by atoms with Crippen LogP contribution in [-0.2, 0) is 17.8 Å². The molecule has 1 aliphatic heterocycles. The molecule has 0 saturated carbocycles. The lowest BCUT2D eigenvalue weighted by atomic mass is 10.1. The van der Waals surface area contributed by atoms with Gasteiger partial charge < -0.3 is 9.64 Å². The summed E-state index contributed by atoms with van der Waals surface area (Å²) in [5, 5.41) is 0. The number of carbonyl (C=O) groups excluding carboxylic acids is 1. The first-order valence-corrected chi connectivity index (χ1v) is 6.30. The van der Waals surface area contributed by atoms with E-state index < -0.39 is 0 Å². The molecule has 1 aliphatic rings. The third kappa shape index (κ3) is 2.32. The maximum Gasteiger partial charge on any atom is 0.231 e. The minimum atomic E-state index is 0.134. The normalized spacial score (nSPS) is 13.5. The first kappa shape index (κ1) is 11.8. The van der Waals surface area contributed by atoms with Gasteiger partial charge >= 0.3 is 0 Å².